The van der Waals surface area contributed by atoms with Gasteiger partial charge >= 0.3 is 0 Å². The van der Waals surface area contributed by atoms with Gasteiger partial charge in [0.2, 0.25) is 0 Å². The van der Waals surface area contributed by atoms with Crippen molar-refractivity contribution in [3.05, 3.63) is 83.6 Å². The summed E-state index contributed by atoms with van der Waals surface area (Å²) < 4.78 is 5.15. The molecule has 3 aromatic rings. The Balaban J connectivity index is 1.65. The summed E-state index contributed by atoms with van der Waals surface area (Å²) in [6, 6.07) is 13.0. The van der Waals surface area contributed by atoms with Crippen LogP contribution in [0.4, 0.5) is 5.69 Å². The smallest absolute Gasteiger partial charge is 0.270 e. The lowest BCUT2D eigenvalue weighted by Gasteiger charge is -2.07. The minimum Gasteiger partial charge on any atom is -0.467 e. The molecule has 2 aromatic heterocycles. The molecule has 0 fully saturated rings. The number of aromatic nitrogens is 1. The van der Waals surface area contributed by atoms with Crippen molar-refractivity contribution in [1.29, 1.82) is 0 Å². The Labute approximate surface area is 155 Å². The van der Waals surface area contributed by atoms with Crippen molar-refractivity contribution in [1.82, 2.24) is 10.3 Å². The summed E-state index contributed by atoms with van der Waals surface area (Å²) >= 11 is 0. The lowest BCUT2D eigenvalue weighted by atomic mass is 10.1. The fourth-order valence-corrected chi connectivity index (χ4v) is 2.36. The summed E-state index contributed by atoms with van der Waals surface area (Å²) in [6.45, 7) is 1.70. The normalized spacial score (nSPS) is 10.3. The van der Waals surface area contributed by atoms with Gasteiger partial charge in [-0.15, -0.1) is 0 Å². The van der Waals surface area contributed by atoms with Gasteiger partial charge in [-0.2, -0.15) is 0 Å². The predicted molar refractivity (Wildman–Crippen MR) is 98.5 cm³/mol. The number of furan rings is 1. The van der Waals surface area contributed by atoms with Crippen molar-refractivity contribution in [3.8, 4) is 0 Å². The average Bonchev–Trinajstić information content (AvgIpc) is 3.20. The zero-order chi connectivity index (χ0) is 19.2. The maximum absolute atomic E-state index is 12.4. The van der Waals surface area contributed by atoms with Gasteiger partial charge in [-0.25, -0.2) is 0 Å². The standard InChI is InChI=1S/C20H17N3O4/c1-13(24)14-4-6-16(7-5-14)23-19(25)15-8-9-21-18(11-15)20(26)22-12-17-3-2-10-27-17/h2-11H,12H2,1H3,(H,22,26)(H,23,25). The number of carbonyl (C=O) groups excluding carboxylic acids is 3. The van der Waals surface area contributed by atoms with Crippen molar-refractivity contribution in [2.75, 3.05) is 5.32 Å². The van der Waals surface area contributed by atoms with E-state index in [-0.39, 0.29) is 23.9 Å². The number of amides is 2. The van der Waals surface area contributed by atoms with Gasteiger partial charge in [-0.1, -0.05) is 0 Å². The highest BCUT2D eigenvalue weighted by Gasteiger charge is 2.12. The van der Waals surface area contributed by atoms with Crippen LogP contribution < -0.4 is 10.6 Å². The maximum Gasteiger partial charge on any atom is 0.270 e. The van der Waals surface area contributed by atoms with Crippen LogP contribution in [0.5, 0.6) is 0 Å². The molecule has 0 atom stereocenters. The van der Waals surface area contributed by atoms with Gasteiger partial charge in [0.05, 0.1) is 12.8 Å². The Morgan fingerprint density at radius 2 is 1.78 bits per heavy atom. The molecule has 0 spiro atoms. The van der Waals surface area contributed by atoms with Gasteiger partial charge in [-0.3, -0.25) is 19.4 Å². The van der Waals surface area contributed by atoms with Crippen LogP contribution in [-0.2, 0) is 6.54 Å². The second-order valence-electron chi connectivity index (χ2n) is 5.78. The number of nitrogens with zero attached hydrogens (tertiary/aromatic N) is 1. The summed E-state index contributed by atoms with van der Waals surface area (Å²) in [5.41, 5.74) is 1.53. The molecule has 3 rings (SSSR count). The third-order valence-electron chi connectivity index (χ3n) is 3.81. The topological polar surface area (TPSA) is 101 Å². The van der Waals surface area contributed by atoms with E-state index >= 15 is 0 Å². The molecule has 7 heteroatoms. The van der Waals surface area contributed by atoms with Crippen molar-refractivity contribution in [2.24, 2.45) is 0 Å². The van der Waals surface area contributed by atoms with Crippen LogP contribution >= 0.6 is 0 Å². The minimum atomic E-state index is -0.410. The van der Waals surface area contributed by atoms with Gasteiger partial charge < -0.3 is 15.1 Å². The fraction of sp³-hybridized carbons (Fsp3) is 0.100. The molecule has 1 aromatic carbocycles. The van der Waals surface area contributed by atoms with Crippen molar-refractivity contribution in [3.63, 3.8) is 0 Å². The third-order valence-corrected chi connectivity index (χ3v) is 3.81. The van der Waals surface area contributed by atoms with E-state index in [1.54, 1.807) is 36.4 Å². The highest BCUT2D eigenvalue weighted by molar-refractivity contribution is 6.06. The molecule has 0 aliphatic rings. The Morgan fingerprint density at radius 1 is 1.00 bits per heavy atom. The van der Waals surface area contributed by atoms with Gasteiger partial charge in [0.1, 0.15) is 11.5 Å². The van der Waals surface area contributed by atoms with E-state index in [9.17, 15) is 14.4 Å². The van der Waals surface area contributed by atoms with Crippen molar-refractivity contribution in [2.45, 2.75) is 13.5 Å². The summed E-state index contributed by atoms with van der Waals surface area (Å²) in [6.07, 6.45) is 2.92. The molecule has 0 saturated carbocycles. The number of hydrogen-bond donors (Lipinski definition) is 2. The first kappa shape index (κ1) is 18.1. The highest BCUT2D eigenvalue weighted by atomic mass is 16.3. The van der Waals surface area contributed by atoms with Gasteiger partial charge in [0.15, 0.2) is 5.78 Å². The molecule has 0 bridgehead atoms. The van der Waals surface area contributed by atoms with Gasteiger partial charge in [0, 0.05) is 23.0 Å². The van der Waals surface area contributed by atoms with E-state index in [1.165, 1.54) is 31.5 Å². The molecular weight excluding hydrogens is 346 g/mol. The predicted octanol–water partition coefficient (Wildman–Crippen LogP) is 3.06. The van der Waals surface area contributed by atoms with E-state index < -0.39 is 5.91 Å². The molecule has 2 amide bonds. The summed E-state index contributed by atoms with van der Waals surface area (Å²) in [5.74, 6) is -0.224. The van der Waals surface area contributed by atoms with E-state index in [0.29, 0.717) is 22.6 Å². The minimum absolute atomic E-state index is 0.0489. The Bertz CT molecular complexity index is 963. The molecule has 0 unspecified atom stereocenters. The van der Waals surface area contributed by atoms with Gasteiger partial charge in [-0.05, 0) is 55.5 Å². The zero-order valence-corrected chi connectivity index (χ0v) is 14.6. The summed E-state index contributed by atoms with van der Waals surface area (Å²) in [7, 11) is 0. The van der Waals surface area contributed by atoms with Gasteiger partial charge in [0.25, 0.3) is 11.8 Å². The molecule has 136 valence electrons. The molecule has 27 heavy (non-hydrogen) atoms. The van der Waals surface area contributed by atoms with Crippen LogP contribution in [0, 0.1) is 0 Å². The quantitative estimate of drug-likeness (QED) is 0.656. The maximum atomic E-state index is 12.4. The second kappa shape index (κ2) is 8.09. The zero-order valence-electron chi connectivity index (χ0n) is 14.6. The van der Waals surface area contributed by atoms with Crippen LogP contribution in [0.15, 0.2) is 65.4 Å². The number of Topliss-reactive ketones (excluding diaryl/α,β-unsaturated/α-hetero) is 1. The van der Waals surface area contributed by atoms with Crippen molar-refractivity contribution >= 4 is 23.3 Å². The fourth-order valence-electron chi connectivity index (χ4n) is 2.36. The van der Waals surface area contributed by atoms with E-state index in [4.69, 9.17) is 4.42 Å². The lowest BCUT2D eigenvalue weighted by Crippen LogP contribution is -2.24. The van der Waals surface area contributed by atoms with E-state index in [2.05, 4.69) is 15.6 Å². The van der Waals surface area contributed by atoms with Crippen LogP contribution in [0.2, 0.25) is 0 Å². The number of rotatable bonds is 6. The Hall–Kier alpha value is -3.74. The molecule has 7 nitrogen and oxygen atoms in total. The number of ketones is 1. The second-order valence-corrected chi connectivity index (χ2v) is 5.78. The monoisotopic (exact) mass is 363 g/mol. The first-order valence-corrected chi connectivity index (χ1v) is 8.22. The molecular formula is C20H17N3O4. The Kier molecular flexibility index (Phi) is 5.41. The highest BCUT2D eigenvalue weighted by Crippen LogP contribution is 2.12. The molecule has 0 radical (unpaired) electrons. The molecule has 0 saturated heterocycles. The van der Waals surface area contributed by atoms with Crippen LogP contribution in [-0.4, -0.2) is 22.6 Å². The summed E-state index contributed by atoms with van der Waals surface area (Å²) in [4.78, 5) is 39.9. The third kappa shape index (κ3) is 4.66. The largest absolute Gasteiger partial charge is 0.467 e. The van der Waals surface area contributed by atoms with Crippen LogP contribution in [0.25, 0.3) is 0 Å². The first-order valence-electron chi connectivity index (χ1n) is 8.22. The van der Waals surface area contributed by atoms with Crippen molar-refractivity contribution < 1.29 is 18.8 Å². The number of benzene rings is 1. The number of hydrogen-bond acceptors (Lipinski definition) is 5. The SMILES string of the molecule is CC(=O)c1ccc(NC(=O)c2ccnc(C(=O)NCc3ccco3)c2)cc1. The Morgan fingerprint density at radius 3 is 2.44 bits per heavy atom. The molecule has 0 aliphatic carbocycles. The number of nitrogens with one attached hydrogen (secondary N) is 2. The first-order chi connectivity index (χ1) is 13.0. The van der Waals surface area contributed by atoms with Crippen LogP contribution in [0.1, 0.15) is 43.9 Å². The summed E-state index contributed by atoms with van der Waals surface area (Å²) in [5, 5.41) is 5.40. The lowest BCUT2D eigenvalue weighted by molar-refractivity contribution is 0.0942. The molecule has 2 N–H and O–H groups in total. The molecule has 2 heterocycles. The number of pyridine rings is 1. The van der Waals surface area contributed by atoms with E-state index in [1.807, 2.05) is 0 Å². The average molecular weight is 363 g/mol. The van der Waals surface area contributed by atoms with E-state index in [0.717, 1.165) is 0 Å². The number of anilines is 1. The van der Waals surface area contributed by atoms with Crippen LogP contribution in [0.3, 0.4) is 0 Å². The molecule has 0 aliphatic heterocycles. The number of carbonyl (C=O) groups is 3.